The maximum absolute atomic E-state index is 13.3. The molecular formula is C27H21N5O3. The Hall–Kier alpha value is -4.85. The van der Waals surface area contributed by atoms with Gasteiger partial charge in [0.15, 0.2) is 5.69 Å². The minimum absolute atomic E-state index is 0.142. The minimum Gasteiger partial charge on any atom is -0.321 e. The van der Waals surface area contributed by atoms with E-state index >= 15 is 0 Å². The van der Waals surface area contributed by atoms with Crippen LogP contribution < -0.4 is 16.4 Å². The predicted molar refractivity (Wildman–Crippen MR) is 135 cm³/mol. The first-order valence-corrected chi connectivity index (χ1v) is 11.0. The van der Waals surface area contributed by atoms with Gasteiger partial charge in [-0.1, -0.05) is 60.7 Å². The molecule has 0 bridgehead atoms. The van der Waals surface area contributed by atoms with E-state index in [4.69, 9.17) is 0 Å². The molecule has 1 amide bonds. The van der Waals surface area contributed by atoms with E-state index in [-0.39, 0.29) is 23.4 Å². The third-order valence-electron chi connectivity index (χ3n) is 5.52. The summed E-state index contributed by atoms with van der Waals surface area (Å²) in [5, 5.41) is 8.18. The molecule has 2 heterocycles. The molecule has 0 aliphatic carbocycles. The number of aromatic amines is 1. The molecule has 2 aromatic heterocycles. The summed E-state index contributed by atoms with van der Waals surface area (Å²) in [6.45, 7) is 1.98. The number of anilines is 1. The third kappa shape index (κ3) is 4.63. The van der Waals surface area contributed by atoms with Gasteiger partial charge in [0.1, 0.15) is 5.82 Å². The molecular weight excluding hydrogens is 442 g/mol. The largest absolute Gasteiger partial charge is 0.321 e. The van der Waals surface area contributed by atoms with Crippen molar-refractivity contribution in [1.29, 1.82) is 0 Å². The highest BCUT2D eigenvalue weighted by Gasteiger charge is 2.17. The number of rotatable bonds is 5. The molecule has 2 N–H and O–H groups in total. The molecule has 0 aliphatic rings. The van der Waals surface area contributed by atoms with Gasteiger partial charge in [0.05, 0.1) is 11.9 Å². The van der Waals surface area contributed by atoms with E-state index in [1.54, 1.807) is 55.5 Å². The molecule has 172 valence electrons. The van der Waals surface area contributed by atoms with Gasteiger partial charge < -0.3 is 10.3 Å². The Kier molecular flexibility index (Phi) is 5.76. The lowest BCUT2D eigenvalue weighted by Crippen LogP contribution is -2.28. The van der Waals surface area contributed by atoms with E-state index in [1.165, 1.54) is 10.7 Å². The number of nitrogens with zero attached hydrogens (tertiary/aromatic N) is 3. The van der Waals surface area contributed by atoms with Crippen LogP contribution in [-0.2, 0) is 6.54 Å². The molecule has 0 radical (unpaired) electrons. The van der Waals surface area contributed by atoms with Crippen molar-refractivity contribution >= 4 is 22.4 Å². The molecule has 0 aliphatic heterocycles. The van der Waals surface area contributed by atoms with Gasteiger partial charge in [-0.25, -0.2) is 9.67 Å². The van der Waals surface area contributed by atoms with Crippen LogP contribution in [0.4, 0.5) is 5.69 Å². The zero-order valence-corrected chi connectivity index (χ0v) is 18.9. The molecule has 0 saturated carbocycles. The summed E-state index contributed by atoms with van der Waals surface area (Å²) in [4.78, 5) is 45.3. The molecule has 8 heteroatoms. The van der Waals surface area contributed by atoms with Gasteiger partial charge >= 0.3 is 0 Å². The lowest BCUT2D eigenvalue weighted by atomic mass is 10.1. The highest BCUT2D eigenvalue weighted by atomic mass is 16.2. The van der Waals surface area contributed by atoms with E-state index in [1.807, 2.05) is 30.3 Å². The number of hydrogen-bond acceptors (Lipinski definition) is 5. The normalized spacial score (nSPS) is 10.9. The van der Waals surface area contributed by atoms with Crippen LogP contribution in [0.15, 0.2) is 94.5 Å². The fourth-order valence-electron chi connectivity index (χ4n) is 3.92. The van der Waals surface area contributed by atoms with E-state index in [0.717, 1.165) is 5.56 Å². The lowest BCUT2D eigenvalue weighted by molar-refractivity contribution is 0.102. The smallest absolute Gasteiger partial charge is 0.276 e. The second-order valence-corrected chi connectivity index (χ2v) is 8.11. The lowest BCUT2D eigenvalue weighted by Gasteiger charge is -2.12. The van der Waals surface area contributed by atoms with Crippen molar-refractivity contribution in [2.45, 2.75) is 13.5 Å². The van der Waals surface area contributed by atoms with Gasteiger partial charge in [0.2, 0.25) is 0 Å². The molecule has 35 heavy (non-hydrogen) atoms. The summed E-state index contributed by atoms with van der Waals surface area (Å²) in [6, 6.07) is 24.8. The second-order valence-electron chi connectivity index (χ2n) is 8.11. The zero-order chi connectivity index (χ0) is 24.4. The Balaban J connectivity index is 1.52. The van der Waals surface area contributed by atoms with Gasteiger partial charge in [-0.05, 0) is 30.7 Å². The van der Waals surface area contributed by atoms with Crippen molar-refractivity contribution in [3.05, 3.63) is 123 Å². The number of aromatic nitrogens is 4. The number of aryl methyl sites for hydroxylation is 1. The van der Waals surface area contributed by atoms with E-state index < -0.39 is 5.91 Å². The first-order chi connectivity index (χ1) is 17.0. The maximum Gasteiger partial charge on any atom is 0.276 e. The van der Waals surface area contributed by atoms with Gasteiger partial charge in [-0.2, -0.15) is 5.10 Å². The van der Waals surface area contributed by atoms with Gasteiger partial charge in [-0.3, -0.25) is 14.4 Å². The Bertz CT molecular complexity index is 1670. The summed E-state index contributed by atoms with van der Waals surface area (Å²) in [6.07, 6.45) is 0. The van der Waals surface area contributed by atoms with Crippen molar-refractivity contribution in [2.75, 3.05) is 5.32 Å². The average Bonchev–Trinajstić information content (AvgIpc) is 2.86. The van der Waals surface area contributed by atoms with Gasteiger partial charge in [0, 0.05) is 28.4 Å². The fraction of sp³-hybridized carbons (Fsp3) is 0.0741. The van der Waals surface area contributed by atoms with Crippen LogP contribution >= 0.6 is 0 Å². The standard InChI is InChI=1S/C27H21N5O3/c1-17-14-23(33)30-25(28-17)19-10-7-11-20(15-19)29-26(34)24-21-12-5-6-13-22(21)27(35)32(31-24)16-18-8-3-2-4-9-18/h2-15H,16H2,1H3,(H,29,34)(H,28,30,33). The van der Waals surface area contributed by atoms with Crippen LogP contribution in [0.25, 0.3) is 22.2 Å². The van der Waals surface area contributed by atoms with Crippen LogP contribution in [0.1, 0.15) is 21.7 Å². The average molecular weight is 463 g/mol. The van der Waals surface area contributed by atoms with Crippen LogP contribution in [0.2, 0.25) is 0 Å². The third-order valence-corrected chi connectivity index (χ3v) is 5.52. The molecule has 5 aromatic rings. The number of carbonyl (C=O) groups is 1. The topological polar surface area (TPSA) is 110 Å². The Morgan fingerprint density at radius 3 is 2.43 bits per heavy atom. The molecule has 5 rings (SSSR count). The summed E-state index contributed by atoms with van der Waals surface area (Å²) in [7, 11) is 0. The molecule has 8 nitrogen and oxygen atoms in total. The first kappa shape index (κ1) is 22.0. The highest BCUT2D eigenvalue weighted by Crippen LogP contribution is 2.21. The quantitative estimate of drug-likeness (QED) is 0.413. The zero-order valence-electron chi connectivity index (χ0n) is 18.9. The Morgan fingerprint density at radius 1 is 0.914 bits per heavy atom. The van der Waals surface area contributed by atoms with Crippen molar-refractivity contribution in [1.82, 2.24) is 19.7 Å². The summed E-state index contributed by atoms with van der Waals surface area (Å²) in [5.74, 6) is -0.0445. The number of carbonyl (C=O) groups excluding carboxylic acids is 1. The monoisotopic (exact) mass is 463 g/mol. The molecule has 0 saturated heterocycles. The van der Waals surface area contributed by atoms with Crippen LogP contribution in [-0.4, -0.2) is 25.7 Å². The first-order valence-electron chi connectivity index (χ1n) is 11.0. The summed E-state index contributed by atoms with van der Waals surface area (Å²) < 4.78 is 1.31. The summed E-state index contributed by atoms with van der Waals surface area (Å²) >= 11 is 0. The number of nitrogens with one attached hydrogen (secondary N) is 2. The number of hydrogen-bond donors (Lipinski definition) is 2. The SMILES string of the molecule is Cc1cc(=O)[nH]c(-c2cccc(NC(=O)c3nn(Cc4ccccc4)c(=O)c4ccccc34)c2)n1. The van der Waals surface area contributed by atoms with Crippen molar-refractivity contribution in [3.8, 4) is 11.4 Å². The number of amides is 1. The number of H-pyrrole nitrogens is 1. The van der Waals surface area contributed by atoms with Gasteiger partial charge in [0.25, 0.3) is 17.0 Å². The van der Waals surface area contributed by atoms with Crippen LogP contribution in [0.3, 0.4) is 0 Å². The van der Waals surface area contributed by atoms with E-state index in [0.29, 0.717) is 33.5 Å². The molecule has 0 spiro atoms. The van der Waals surface area contributed by atoms with Crippen molar-refractivity contribution in [2.24, 2.45) is 0 Å². The Morgan fingerprint density at radius 2 is 1.66 bits per heavy atom. The number of benzene rings is 3. The van der Waals surface area contributed by atoms with E-state index in [2.05, 4.69) is 20.4 Å². The molecule has 0 atom stereocenters. The fourth-order valence-corrected chi connectivity index (χ4v) is 3.92. The van der Waals surface area contributed by atoms with Gasteiger partial charge in [-0.15, -0.1) is 0 Å². The predicted octanol–water partition coefficient (Wildman–Crippen LogP) is 3.76. The molecule has 0 fully saturated rings. The second kappa shape index (κ2) is 9.18. The van der Waals surface area contributed by atoms with Crippen LogP contribution in [0, 0.1) is 6.92 Å². The molecule has 3 aromatic carbocycles. The maximum atomic E-state index is 13.3. The highest BCUT2D eigenvalue weighted by molar-refractivity contribution is 6.11. The Labute approximate surface area is 199 Å². The molecule has 0 unspecified atom stereocenters. The minimum atomic E-state index is -0.453. The summed E-state index contributed by atoms with van der Waals surface area (Å²) in [5.41, 5.74) is 2.27. The van der Waals surface area contributed by atoms with E-state index in [9.17, 15) is 14.4 Å². The van der Waals surface area contributed by atoms with Crippen LogP contribution in [0.5, 0.6) is 0 Å². The number of fused-ring (bicyclic) bond motifs is 1. The van der Waals surface area contributed by atoms with Crippen molar-refractivity contribution < 1.29 is 4.79 Å². The van der Waals surface area contributed by atoms with Crippen molar-refractivity contribution in [3.63, 3.8) is 0 Å².